The summed E-state index contributed by atoms with van der Waals surface area (Å²) in [6.07, 6.45) is 5.70. The minimum absolute atomic E-state index is 0.124. The van der Waals surface area contributed by atoms with Crippen LogP contribution in [0.5, 0.6) is 0 Å². The molecule has 6 heteroatoms. The summed E-state index contributed by atoms with van der Waals surface area (Å²) >= 11 is 5.97. The number of rotatable bonds is 2. The second-order valence-electron chi connectivity index (χ2n) is 7.89. The van der Waals surface area contributed by atoms with Crippen LogP contribution in [-0.4, -0.2) is 47.9 Å². The van der Waals surface area contributed by atoms with E-state index in [-0.39, 0.29) is 11.9 Å². The highest BCUT2D eigenvalue weighted by Gasteiger charge is 2.44. The molecule has 0 radical (unpaired) electrons. The van der Waals surface area contributed by atoms with Crippen molar-refractivity contribution in [1.82, 2.24) is 9.80 Å². The molecule has 1 aromatic carbocycles. The summed E-state index contributed by atoms with van der Waals surface area (Å²) in [6, 6.07) is 7.04. The summed E-state index contributed by atoms with van der Waals surface area (Å²) in [5, 5.41) is 3.50. The zero-order valence-corrected chi connectivity index (χ0v) is 15.8. The first-order valence-electron chi connectivity index (χ1n) is 9.70. The highest BCUT2D eigenvalue weighted by molar-refractivity contribution is 6.30. The molecule has 3 aliphatic rings. The molecule has 3 amide bonds. The number of hydrogen-bond acceptors (Lipinski definition) is 2. The van der Waals surface area contributed by atoms with Crippen LogP contribution in [0.1, 0.15) is 32.1 Å². The summed E-state index contributed by atoms with van der Waals surface area (Å²) in [6.45, 7) is 2.65. The smallest absolute Gasteiger partial charge is 0.321 e. The second kappa shape index (κ2) is 7.47. The van der Waals surface area contributed by atoms with E-state index in [1.807, 2.05) is 17.0 Å². The number of carbonyl (C=O) groups is 2. The SMILES string of the molecule is O=C(Nc1cccc(Cl)c1)N1CCCN(C(=O)[C@H]2C[C@H]3CC[C@H]2C3)CC1. The minimum atomic E-state index is -0.124. The molecule has 0 spiro atoms. The molecule has 0 aromatic heterocycles. The third-order valence-electron chi connectivity index (χ3n) is 6.23. The van der Waals surface area contributed by atoms with Crippen LogP contribution in [0.3, 0.4) is 0 Å². The number of fused-ring (bicyclic) bond motifs is 2. The van der Waals surface area contributed by atoms with Gasteiger partial charge in [-0.15, -0.1) is 0 Å². The van der Waals surface area contributed by atoms with Gasteiger partial charge in [-0.05, 0) is 55.7 Å². The van der Waals surface area contributed by atoms with E-state index in [2.05, 4.69) is 5.32 Å². The maximum absolute atomic E-state index is 12.9. The van der Waals surface area contributed by atoms with Gasteiger partial charge in [-0.25, -0.2) is 4.79 Å². The van der Waals surface area contributed by atoms with Gasteiger partial charge in [0.25, 0.3) is 0 Å². The fraction of sp³-hybridized carbons (Fsp3) is 0.600. The summed E-state index contributed by atoms with van der Waals surface area (Å²) in [7, 11) is 0. The van der Waals surface area contributed by atoms with Crippen LogP contribution in [-0.2, 0) is 4.79 Å². The van der Waals surface area contributed by atoms with Crippen molar-refractivity contribution >= 4 is 29.2 Å². The van der Waals surface area contributed by atoms with Crippen LogP contribution in [0.4, 0.5) is 10.5 Å². The second-order valence-corrected chi connectivity index (χ2v) is 8.32. The summed E-state index contributed by atoms with van der Waals surface area (Å²) in [5.41, 5.74) is 0.696. The zero-order valence-electron chi connectivity index (χ0n) is 15.0. The van der Waals surface area contributed by atoms with Crippen LogP contribution in [0, 0.1) is 17.8 Å². The van der Waals surface area contributed by atoms with Crippen LogP contribution >= 0.6 is 11.6 Å². The van der Waals surface area contributed by atoms with Crippen LogP contribution in [0.15, 0.2) is 24.3 Å². The highest BCUT2D eigenvalue weighted by atomic mass is 35.5. The van der Waals surface area contributed by atoms with Gasteiger partial charge in [0.2, 0.25) is 5.91 Å². The van der Waals surface area contributed by atoms with E-state index < -0.39 is 0 Å². The number of carbonyl (C=O) groups excluding carboxylic acids is 2. The average molecular weight is 376 g/mol. The predicted molar refractivity (Wildman–Crippen MR) is 102 cm³/mol. The van der Waals surface area contributed by atoms with E-state index in [4.69, 9.17) is 11.6 Å². The topological polar surface area (TPSA) is 52.7 Å². The first-order valence-corrected chi connectivity index (χ1v) is 10.1. The van der Waals surface area contributed by atoms with Gasteiger partial charge in [-0.3, -0.25) is 4.79 Å². The lowest BCUT2D eigenvalue weighted by atomic mass is 9.87. The Balaban J connectivity index is 1.33. The molecule has 140 valence electrons. The lowest BCUT2D eigenvalue weighted by molar-refractivity contribution is -0.137. The Morgan fingerprint density at radius 1 is 1.04 bits per heavy atom. The fourth-order valence-corrected chi connectivity index (χ4v) is 5.08. The molecule has 26 heavy (non-hydrogen) atoms. The number of hydrogen-bond donors (Lipinski definition) is 1. The summed E-state index contributed by atoms with van der Waals surface area (Å²) < 4.78 is 0. The van der Waals surface area contributed by atoms with E-state index in [9.17, 15) is 9.59 Å². The first kappa shape index (κ1) is 17.7. The highest BCUT2D eigenvalue weighted by Crippen LogP contribution is 2.48. The fourth-order valence-electron chi connectivity index (χ4n) is 4.89. The van der Waals surface area contributed by atoms with Crippen LogP contribution in [0.2, 0.25) is 5.02 Å². The first-order chi connectivity index (χ1) is 12.6. The molecule has 3 atom stereocenters. The maximum atomic E-state index is 12.9. The maximum Gasteiger partial charge on any atom is 0.321 e. The lowest BCUT2D eigenvalue weighted by Crippen LogP contribution is -2.42. The van der Waals surface area contributed by atoms with Crippen molar-refractivity contribution in [3.05, 3.63) is 29.3 Å². The Labute approximate surface area is 159 Å². The Bertz CT molecular complexity index is 695. The molecule has 0 unspecified atom stereocenters. The zero-order chi connectivity index (χ0) is 18.1. The van der Waals surface area contributed by atoms with E-state index in [0.717, 1.165) is 25.3 Å². The van der Waals surface area contributed by atoms with E-state index in [1.54, 1.807) is 17.0 Å². The van der Waals surface area contributed by atoms with Gasteiger partial charge in [0.05, 0.1) is 0 Å². The summed E-state index contributed by atoms with van der Waals surface area (Å²) in [4.78, 5) is 29.3. The van der Waals surface area contributed by atoms with Crippen molar-refractivity contribution in [2.45, 2.75) is 32.1 Å². The number of benzene rings is 1. The van der Waals surface area contributed by atoms with Gasteiger partial charge in [-0.2, -0.15) is 0 Å². The van der Waals surface area contributed by atoms with Gasteiger partial charge in [0.15, 0.2) is 0 Å². The number of halogens is 1. The molecule has 1 saturated heterocycles. The molecule has 2 saturated carbocycles. The molecular formula is C20H26ClN3O2. The molecule has 3 fully saturated rings. The van der Waals surface area contributed by atoms with E-state index in [1.165, 1.54) is 19.3 Å². The van der Waals surface area contributed by atoms with Gasteiger partial charge in [0, 0.05) is 42.8 Å². The lowest BCUT2D eigenvalue weighted by Gasteiger charge is -2.28. The molecule has 1 heterocycles. The molecule has 2 bridgehead atoms. The van der Waals surface area contributed by atoms with Crippen LogP contribution < -0.4 is 5.32 Å². The number of nitrogens with zero attached hydrogens (tertiary/aromatic N) is 2. The van der Waals surface area contributed by atoms with Crippen molar-refractivity contribution in [3.8, 4) is 0 Å². The van der Waals surface area contributed by atoms with Gasteiger partial charge < -0.3 is 15.1 Å². The van der Waals surface area contributed by atoms with Gasteiger partial charge >= 0.3 is 6.03 Å². The Kier molecular flexibility index (Phi) is 5.07. The van der Waals surface area contributed by atoms with Crippen molar-refractivity contribution in [1.29, 1.82) is 0 Å². The molecule has 1 aliphatic heterocycles. The van der Waals surface area contributed by atoms with Crippen LogP contribution in [0.25, 0.3) is 0 Å². The minimum Gasteiger partial charge on any atom is -0.341 e. The summed E-state index contributed by atoms with van der Waals surface area (Å²) in [5.74, 6) is 1.95. The van der Waals surface area contributed by atoms with Gasteiger partial charge in [0.1, 0.15) is 0 Å². The monoisotopic (exact) mass is 375 g/mol. The molecule has 2 aliphatic carbocycles. The Hall–Kier alpha value is -1.75. The van der Waals surface area contributed by atoms with Crippen molar-refractivity contribution in [2.24, 2.45) is 17.8 Å². The van der Waals surface area contributed by atoms with Crippen molar-refractivity contribution in [3.63, 3.8) is 0 Å². The largest absolute Gasteiger partial charge is 0.341 e. The Morgan fingerprint density at radius 2 is 1.85 bits per heavy atom. The quantitative estimate of drug-likeness (QED) is 0.853. The number of anilines is 1. The van der Waals surface area contributed by atoms with E-state index in [0.29, 0.717) is 42.2 Å². The van der Waals surface area contributed by atoms with Crippen molar-refractivity contribution < 1.29 is 9.59 Å². The van der Waals surface area contributed by atoms with Crippen molar-refractivity contribution in [2.75, 3.05) is 31.5 Å². The number of amides is 3. The number of nitrogens with one attached hydrogen (secondary N) is 1. The van der Waals surface area contributed by atoms with Gasteiger partial charge in [-0.1, -0.05) is 24.1 Å². The molecular weight excluding hydrogens is 350 g/mol. The normalized spacial score (nSPS) is 28.1. The van der Waals surface area contributed by atoms with E-state index >= 15 is 0 Å². The molecule has 5 nitrogen and oxygen atoms in total. The number of urea groups is 1. The molecule has 1 aromatic rings. The third kappa shape index (κ3) is 3.68. The molecule has 4 rings (SSSR count). The Morgan fingerprint density at radius 3 is 2.58 bits per heavy atom. The predicted octanol–water partition coefficient (Wildman–Crippen LogP) is 3.84. The standard InChI is InChI=1S/C20H26ClN3O2/c21-16-3-1-4-17(13-16)22-20(26)24-8-2-7-23(9-10-24)19(25)18-12-14-5-6-15(18)11-14/h1,3-4,13-15,18H,2,5-12H2,(H,22,26)/t14-,15-,18-/m0/s1. The molecule has 1 N–H and O–H groups in total. The average Bonchev–Trinajstić information content (AvgIpc) is 3.17. The third-order valence-corrected chi connectivity index (χ3v) is 6.46.